The molecule has 1 fully saturated rings. The molecule has 0 spiro atoms. The standard InChI is InChI=1S/C18H15N3O3/c19-12-18(13-20)8-9-21(16(18)15-7-4-10-23-15)17(22)24-11-14-5-2-1-3-6-14/h1-7,10,16H,8-9,11H2. The molecule has 1 amide bonds. The molecule has 0 radical (unpaired) electrons. The van der Waals surface area contributed by atoms with Crippen LogP contribution in [0.3, 0.4) is 0 Å². The Kier molecular flexibility index (Phi) is 4.22. The number of benzene rings is 1. The van der Waals surface area contributed by atoms with Crippen molar-refractivity contribution in [3.8, 4) is 12.1 Å². The van der Waals surface area contributed by atoms with Gasteiger partial charge in [-0.05, 0) is 24.1 Å². The van der Waals surface area contributed by atoms with E-state index in [9.17, 15) is 15.3 Å². The van der Waals surface area contributed by atoms with Crippen molar-refractivity contribution in [1.29, 1.82) is 10.5 Å². The minimum Gasteiger partial charge on any atom is -0.467 e. The maximum atomic E-state index is 12.5. The third-order valence-corrected chi connectivity index (χ3v) is 4.18. The van der Waals surface area contributed by atoms with Crippen molar-refractivity contribution in [3.63, 3.8) is 0 Å². The highest BCUT2D eigenvalue weighted by Crippen LogP contribution is 2.46. The summed E-state index contributed by atoms with van der Waals surface area (Å²) in [5.41, 5.74) is -0.463. The molecule has 120 valence electrons. The van der Waals surface area contributed by atoms with E-state index < -0.39 is 17.6 Å². The van der Waals surface area contributed by atoms with Gasteiger partial charge >= 0.3 is 6.09 Å². The van der Waals surface area contributed by atoms with Crippen LogP contribution in [0.2, 0.25) is 0 Å². The highest BCUT2D eigenvalue weighted by molar-refractivity contribution is 5.69. The molecule has 0 bridgehead atoms. The van der Waals surface area contributed by atoms with Crippen molar-refractivity contribution in [3.05, 3.63) is 60.1 Å². The monoisotopic (exact) mass is 321 g/mol. The first-order valence-corrected chi connectivity index (χ1v) is 7.53. The Morgan fingerprint density at radius 1 is 1.25 bits per heavy atom. The number of amides is 1. The lowest BCUT2D eigenvalue weighted by molar-refractivity contribution is 0.0828. The molecule has 0 N–H and O–H groups in total. The van der Waals surface area contributed by atoms with Gasteiger partial charge in [0, 0.05) is 6.54 Å². The number of hydrogen-bond acceptors (Lipinski definition) is 5. The van der Waals surface area contributed by atoms with Crippen molar-refractivity contribution in [1.82, 2.24) is 4.90 Å². The lowest BCUT2D eigenvalue weighted by Gasteiger charge is -2.26. The van der Waals surface area contributed by atoms with Gasteiger partial charge in [-0.15, -0.1) is 0 Å². The van der Waals surface area contributed by atoms with Gasteiger partial charge < -0.3 is 9.15 Å². The summed E-state index contributed by atoms with van der Waals surface area (Å²) < 4.78 is 10.7. The first kappa shape index (κ1) is 15.6. The Labute approximate surface area is 139 Å². The van der Waals surface area contributed by atoms with Gasteiger partial charge in [-0.25, -0.2) is 4.79 Å². The van der Waals surface area contributed by atoms with Gasteiger partial charge in [0.05, 0.1) is 18.4 Å². The number of hydrogen-bond donors (Lipinski definition) is 0. The smallest absolute Gasteiger partial charge is 0.410 e. The molecule has 1 saturated heterocycles. The normalized spacial score (nSPS) is 18.6. The molecule has 6 nitrogen and oxygen atoms in total. The molecule has 1 aromatic carbocycles. The molecule has 2 heterocycles. The number of carbonyl (C=O) groups excluding carboxylic acids is 1. The fourth-order valence-corrected chi connectivity index (χ4v) is 2.93. The van der Waals surface area contributed by atoms with E-state index in [0.717, 1.165) is 5.56 Å². The summed E-state index contributed by atoms with van der Waals surface area (Å²) in [4.78, 5) is 13.9. The Balaban J connectivity index is 1.80. The van der Waals surface area contributed by atoms with Crippen LogP contribution in [0.25, 0.3) is 0 Å². The largest absolute Gasteiger partial charge is 0.467 e. The van der Waals surface area contributed by atoms with Crippen molar-refractivity contribution < 1.29 is 13.9 Å². The molecular formula is C18H15N3O3. The minimum absolute atomic E-state index is 0.132. The number of nitrogens with zero attached hydrogens (tertiary/aromatic N) is 3. The van der Waals surface area contributed by atoms with E-state index in [4.69, 9.17) is 9.15 Å². The number of likely N-dealkylation sites (tertiary alicyclic amines) is 1. The van der Waals surface area contributed by atoms with Crippen LogP contribution < -0.4 is 0 Å². The quantitative estimate of drug-likeness (QED) is 0.864. The van der Waals surface area contributed by atoms with Crippen LogP contribution in [0, 0.1) is 28.1 Å². The first-order chi connectivity index (χ1) is 11.7. The van der Waals surface area contributed by atoms with Crippen LogP contribution in [-0.4, -0.2) is 17.5 Å². The van der Waals surface area contributed by atoms with Gasteiger partial charge in [0.2, 0.25) is 0 Å². The average Bonchev–Trinajstić information content (AvgIpc) is 3.27. The van der Waals surface area contributed by atoms with Gasteiger partial charge in [0.1, 0.15) is 18.4 Å². The zero-order chi connectivity index (χ0) is 17.0. The predicted molar refractivity (Wildman–Crippen MR) is 83.1 cm³/mol. The summed E-state index contributed by atoms with van der Waals surface area (Å²) in [5.74, 6) is 0.410. The van der Waals surface area contributed by atoms with E-state index in [0.29, 0.717) is 5.76 Å². The predicted octanol–water partition coefficient (Wildman–Crippen LogP) is 3.40. The second-order valence-corrected chi connectivity index (χ2v) is 5.60. The lowest BCUT2D eigenvalue weighted by Crippen LogP contribution is -2.35. The third-order valence-electron chi connectivity index (χ3n) is 4.18. The summed E-state index contributed by atoms with van der Waals surface area (Å²) in [6, 6.07) is 16.0. The highest BCUT2D eigenvalue weighted by Gasteiger charge is 2.53. The van der Waals surface area contributed by atoms with Crippen LogP contribution in [0.5, 0.6) is 0 Å². The Bertz CT molecular complexity index is 773. The fraction of sp³-hybridized carbons (Fsp3) is 0.278. The Morgan fingerprint density at radius 2 is 2.00 bits per heavy atom. The van der Waals surface area contributed by atoms with Gasteiger partial charge in [-0.2, -0.15) is 10.5 Å². The number of ether oxygens (including phenoxy) is 1. The molecule has 2 aromatic rings. The number of rotatable bonds is 3. The summed E-state index contributed by atoms with van der Waals surface area (Å²) in [5, 5.41) is 19.0. The Morgan fingerprint density at radius 3 is 2.62 bits per heavy atom. The maximum Gasteiger partial charge on any atom is 0.410 e. The molecular weight excluding hydrogens is 306 g/mol. The van der Waals surface area contributed by atoms with Crippen molar-refractivity contribution in [2.45, 2.75) is 19.1 Å². The van der Waals surface area contributed by atoms with Crippen molar-refractivity contribution >= 4 is 6.09 Å². The fourth-order valence-electron chi connectivity index (χ4n) is 2.93. The lowest BCUT2D eigenvalue weighted by atomic mass is 9.82. The van der Waals surface area contributed by atoms with Crippen LogP contribution in [0.1, 0.15) is 23.8 Å². The summed E-state index contributed by atoms with van der Waals surface area (Å²) in [7, 11) is 0. The number of nitriles is 2. The van der Waals surface area contributed by atoms with Gasteiger partial charge in [0.15, 0.2) is 5.41 Å². The van der Waals surface area contributed by atoms with Crippen LogP contribution >= 0.6 is 0 Å². The number of carbonyl (C=O) groups is 1. The molecule has 1 aliphatic rings. The highest BCUT2D eigenvalue weighted by atomic mass is 16.6. The molecule has 1 aromatic heterocycles. The van der Waals surface area contributed by atoms with Gasteiger partial charge in [-0.1, -0.05) is 30.3 Å². The maximum absolute atomic E-state index is 12.5. The van der Waals surface area contributed by atoms with Gasteiger partial charge in [-0.3, -0.25) is 4.90 Å². The first-order valence-electron chi connectivity index (χ1n) is 7.53. The Hall–Kier alpha value is -3.25. The zero-order valence-corrected chi connectivity index (χ0v) is 12.9. The average molecular weight is 321 g/mol. The molecule has 3 rings (SSSR count). The molecule has 0 aliphatic carbocycles. The van der Waals surface area contributed by atoms with Crippen LogP contribution in [0.4, 0.5) is 4.79 Å². The van der Waals surface area contributed by atoms with E-state index in [1.807, 2.05) is 30.3 Å². The summed E-state index contributed by atoms with van der Waals surface area (Å²) in [6.07, 6.45) is 1.15. The van der Waals surface area contributed by atoms with Crippen molar-refractivity contribution in [2.24, 2.45) is 5.41 Å². The second-order valence-electron chi connectivity index (χ2n) is 5.60. The molecule has 1 atom stereocenters. The van der Waals surface area contributed by atoms with E-state index in [1.54, 1.807) is 12.1 Å². The molecule has 24 heavy (non-hydrogen) atoms. The third kappa shape index (κ3) is 2.70. The van der Waals surface area contributed by atoms with E-state index in [-0.39, 0.29) is 19.6 Å². The molecule has 1 aliphatic heterocycles. The molecule has 1 unspecified atom stereocenters. The number of furan rings is 1. The van der Waals surface area contributed by atoms with Crippen LogP contribution in [0.15, 0.2) is 53.1 Å². The van der Waals surface area contributed by atoms with E-state index >= 15 is 0 Å². The topological polar surface area (TPSA) is 90.3 Å². The molecule has 6 heteroatoms. The summed E-state index contributed by atoms with van der Waals surface area (Å²) >= 11 is 0. The van der Waals surface area contributed by atoms with E-state index in [1.165, 1.54) is 11.2 Å². The second kappa shape index (κ2) is 6.47. The van der Waals surface area contributed by atoms with Gasteiger partial charge in [0.25, 0.3) is 0 Å². The summed E-state index contributed by atoms with van der Waals surface area (Å²) in [6.45, 7) is 0.396. The van der Waals surface area contributed by atoms with Crippen molar-refractivity contribution in [2.75, 3.05) is 6.54 Å². The van der Waals surface area contributed by atoms with E-state index in [2.05, 4.69) is 12.1 Å². The van der Waals surface area contributed by atoms with Crippen LogP contribution in [-0.2, 0) is 11.3 Å². The molecule has 0 saturated carbocycles. The minimum atomic E-state index is -1.33. The SMILES string of the molecule is N#CC1(C#N)CCN(C(=O)OCc2ccccc2)C1c1ccco1. The zero-order valence-electron chi connectivity index (χ0n) is 12.9.